The number of ether oxygens (including phenoxy) is 1. The van der Waals surface area contributed by atoms with Gasteiger partial charge in [-0.25, -0.2) is 0 Å². The quantitative estimate of drug-likeness (QED) is 0.695. The van der Waals surface area contributed by atoms with Crippen LogP contribution in [0.5, 0.6) is 0 Å². The Morgan fingerprint density at radius 3 is 2.35 bits per heavy atom. The van der Waals surface area contributed by atoms with Crippen molar-refractivity contribution in [2.75, 3.05) is 27.2 Å². The molecule has 1 N–H and O–H groups in total. The molecule has 0 aromatic heterocycles. The monoisotopic (exact) mass is 284 g/mol. The molecule has 0 saturated heterocycles. The maximum absolute atomic E-state index is 12.0. The SMILES string of the molecule is COC(=O)C(C)(CCCN(C)CC(C)(C)C)NC1CC1. The van der Waals surface area contributed by atoms with Crippen LogP contribution in [0, 0.1) is 5.41 Å². The van der Waals surface area contributed by atoms with Gasteiger partial charge in [0.1, 0.15) is 5.54 Å². The Morgan fingerprint density at radius 2 is 1.90 bits per heavy atom. The zero-order valence-corrected chi connectivity index (χ0v) is 14.1. The predicted octanol–water partition coefficient (Wildman–Crippen LogP) is 2.43. The number of carbonyl (C=O) groups is 1. The molecule has 0 spiro atoms. The molecular weight excluding hydrogens is 252 g/mol. The van der Waals surface area contributed by atoms with Crippen LogP contribution in [-0.4, -0.2) is 49.7 Å². The van der Waals surface area contributed by atoms with Crippen LogP contribution in [0.3, 0.4) is 0 Å². The van der Waals surface area contributed by atoms with Gasteiger partial charge < -0.3 is 9.64 Å². The number of methoxy groups -OCH3 is 1. The first-order valence-corrected chi connectivity index (χ1v) is 7.71. The molecule has 0 bridgehead atoms. The summed E-state index contributed by atoms with van der Waals surface area (Å²) in [6.45, 7) is 10.8. The van der Waals surface area contributed by atoms with Crippen LogP contribution in [0.4, 0.5) is 0 Å². The van der Waals surface area contributed by atoms with Crippen LogP contribution in [-0.2, 0) is 9.53 Å². The molecule has 0 heterocycles. The number of nitrogens with one attached hydrogen (secondary N) is 1. The van der Waals surface area contributed by atoms with Gasteiger partial charge in [-0.15, -0.1) is 0 Å². The van der Waals surface area contributed by atoms with Crippen molar-refractivity contribution < 1.29 is 9.53 Å². The van der Waals surface area contributed by atoms with E-state index in [0.717, 1.165) is 25.9 Å². The molecule has 1 atom stereocenters. The summed E-state index contributed by atoms with van der Waals surface area (Å²) < 4.78 is 4.97. The summed E-state index contributed by atoms with van der Waals surface area (Å²) >= 11 is 0. The van der Waals surface area contributed by atoms with Gasteiger partial charge >= 0.3 is 5.97 Å². The van der Waals surface area contributed by atoms with Crippen molar-refractivity contribution in [3.05, 3.63) is 0 Å². The molecule has 4 heteroatoms. The smallest absolute Gasteiger partial charge is 0.325 e. The van der Waals surface area contributed by atoms with Gasteiger partial charge in [-0.2, -0.15) is 0 Å². The summed E-state index contributed by atoms with van der Waals surface area (Å²) in [4.78, 5) is 14.3. The lowest BCUT2D eigenvalue weighted by Gasteiger charge is -2.30. The van der Waals surface area contributed by atoms with E-state index in [9.17, 15) is 4.79 Å². The van der Waals surface area contributed by atoms with Crippen LogP contribution >= 0.6 is 0 Å². The molecule has 20 heavy (non-hydrogen) atoms. The fourth-order valence-corrected chi connectivity index (χ4v) is 2.73. The first-order chi connectivity index (χ1) is 9.16. The second kappa shape index (κ2) is 6.90. The van der Waals surface area contributed by atoms with E-state index in [4.69, 9.17) is 4.74 Å². The van der Waals surface area contributed by atoms with Crippen molar-refractivity contribution in [3.63, 3.8) is 0 Å². The summed E-state index contributed by atoms with van der Waals surface area (Å²) in [5, 5.41) is 3.45. The zero-order valence-electron chi connectivity index (χ0n) is 14.1. The fourth-order valence-electron chi connectivity index (χ4n) is 2.73. The molecule has 0 aromatic carbocycles. The highest BCUT2D eigenvalue weighted by molar-refractivity contribution is 5.80. The molecule has 0 aromatic rings. The Kier molecular flexibility index (Phi) is 6.02. The maximum Gasteiger partial charge on any atom is 0.325 e. The van der Waals surface area contributed by atoms with Gasteiger partial charge in [-0.3, -0.25) is 10.1 Å². The van der Waals surface area contributed by atoms with Crippen molar-refractivity contribution in [1.82, 2.24) is 10.2 Å². The van der Waals surface area contributed by atoms with E-state index in [0.29, 0.717) is 11.5 Å². The fraction of sp³-hybridized carbons (Fsp3) is 0.938. The second-order valence-electron chi connectivity index (χ2n) is 7.64. The van der Waals surface area contributed by atoms with E-state index >= 15 is 0 Å². The highest BCUT2D eigenvalue weighted by atomic mass is 16.5. The van der Waals surface area contributed by atoms with Crippen LogP contribution < -0.4 is 5.32 Å². The lowest BCUT2D eigenvalue weighted by atomic mass is 9.94. The predicted molar refractivity (Wildman–Crippen MR) is 82.8 cm³/mol. The maximum atomic E-state index is 12.0. The van der Waals surface area contributed by atoms with Gasteiger partial charge in [0.25, 0.3) is 0 Å². The van der Waals surface area contributed by atoms with Crippen molar-refractivity contribution in [2.45, 2.75) is 65.0 Å². The molecule has 1 aliphatic rings. The lowest BCUT2D eigenvalue weighted by Crippen LogP contribution is -2.51. The van der Waals surface area contributed by atoms with E-state index in [1.807, 2.05) is 6.92 Å². The van der Waals surface area contributed by atoms with Crippen LogP contribution in [0.1, 0.15) is 53.4 Å². The van der Waals surface area contributed by atoms with E-state index in [-0.39, 0.29) is 5.97 Å². The number of nitrogens with zero attached hydrogens (tertiary/aromatic N) is 1. The summed E-state index contributed by atoms with van der Waals surface area (Å²) in [5.41, 5.74) is -0.217. The minimum absolute atomic E-state index is 0.136. The molecule has 1 saturated carbocycles. The summed E-state index contributed by atoms with van der Waals surface area (Å²) in [5.74, 6) is -0.136. The Balaban J connectivity index is 2.40. The normalized spacial score (nSPS) is 18.9. The van der Waals surface area contributed by atoms with E-state index in [2.05, 4.69) is 38.0 Å². The number of hydrogen-bond donors (Lipinski definition) is 1. The zero-order chi connectivity index (χ0) is 15.4. The van der Waals surface area contributed by atoms with E-state index < -0.39 is 5.54 Å². The van der Waals surface area contributed by atoms with Crippen LogP contribution in [0.2, 0.25) is 0 Å². The summed E-state index contributed by atoms with van der Waals surface area (Å²) in [7, 11) is 3.62. The summed E-state index contributed by atoms with van der Waals surface area (Å²) in [6.07, 6.45) is 4.18. The minimum atomic E-state index is -0.529. The molecule has 1 rings (SSSR count). The lowest BCUT2D eigenvalue weighted by molar-refractivity contribution is -0.148. The van der Waals surface area contributed by atoms with Gasteiger partial charge in [0.2, 0.25) is 0 Å². The van der Waals surface area contributed by atoms with E-state index in [1.165, 1.54) is 20.0 Å². The van der Waals surface area contributed by atoms with Gasteiger partial charge in [0, 0.05) is 12.6 Å². The van der Waals surface area contributed by atoms with Gasteiger partial charge in [0.05, 0.1) is 7.11 Å². The molecular formula is C16H32N2O2. The van der Waals surface area contributed by atoms with Gasteiger partial charge in [-0.1, -0.05) is 20.8 Å². The molecule has 1 unspecified atom stereocenters. The number of carbonyl (C=O) groups excluding carboxylic acids is 1. The molecule has 1 fully saturated rings. The third-order valence-corrected chi connectivity index (χ3v) is 3.70. The van der Waals surface area contributed by atoms with Gasteiger partial charge in [-0.05, 0) is 51.6 Å². The second-order valence-corrected chi connectivity index (χ2v) is 7.64. The minimum Gasteiger partial charge on any atom is -0.468 e. The van der Waals surface area contributed by atoms with Crippen molar-refractivity contribution in [2.24, 2.45) is 5.41 Å². The summed E-state index contributed by atoms with van der Waals surface area (Å²) in [6, 6.07) is 0.506. The highest BCUT2D eigenvalue weighted by Crippen LogP contribution is 2.26. The standard InChI is InChI=1S/C16H32N2O2/c1-15(2,3)12-18(5)11-7-10-16(4,14(19)20-6)17-13-8-9-13/h13,17H,7-12H2,1-6H3. The Morgan fingerprint density at radius 1 is 1.30 bits per heavy atom. The largest absolute Gasteiger partial charge is 0.468 e. The molecule has 0 radical (unpaired) electrons. The van der Waals surface area contributed by atoms with Crippen molar-refractivity contribution >= 4 is 5.97 Å². The highest BCUT2D eigenvalue weighted by Gasteiger charge is 2.38. The van der Waals surface area contributed by atoms with Crippen LogP contribution in [0.25, 0.3) is 0 Å². The number of hydrogen-bond acceptors (Lipinski definition) is 4. The Hall–Kier alpha value is -0.610. The average molecular weight is 284 g/mol. The molecule has 118 valence electrons. The first-order valence-electron chi connectivity index (χ1n) is 7.71. The average Bonchev–Trinajstić information content (AvgIpc) is 3.09. The molecule has 4 nitrogen and oxygen atoms in total. The molecule has 0 amide bonds. The van der Waals surface area contributed by atoms with E-state index in [1.54, 1.807) is 0 Å². The van der Waals surface area contributed by atoms with Crippen LogP contribution in [0.15, 0.2) is 0 Å². The van der Waals surface area contributed by atoms with Crippen molar-refractivity contribution in [1.29, 1.82) is 0 Å². The molecule has 1 aliphatic carbocycles. The molecule has 0 aliphatic heterocycles. The Labute approximate surface area is 124 Å². The Bertz CT molecular complexity index is 321. The number of rotatable bonds is 8. The number of esters is 1. The van der Waals surface area contributed by atoms with Gasteiger partial charge in [0.15, 0.2) is 0 Å². The van der Waals surface area contributed by atoms with Crippen molar-refractivity contribution in [3.8, 4) is 0 Å². The third kappa shape index (κ3) is 6.23. The first kappa shape index (κ1) is 17.4. The topological polar surface area (TPSA) is 41.6 Å². The third-order valence-electron chi connectivity index (χ3n) is 3.70.